The minimum atomic E-state index is -0.560. The minimum Gasteiger partial charge on any atom is -0.489 e. The summed E-state index contributed by atoms with van der Waals surface area (Å²) in [6.45, 7) is 1.47. The van der Waals surface area contributed by atoms with E-state index in [-0.39, 0.29) is 6.61 Å². The summed E-state index contributed by atoms with van der Waals surface area (Å²) < 4.78 is 5.47. The van der Waals surface area contributed by atoms with E-state index in [0.717, 1.165) is 6.54 Å². The van der Waals surface area contributed by atoms with E-state index in [9.17, 15) is 5.11 Å². The first-order valence-corrected chi connectivity index (χ1v) is 7.35. The number of halogens is 1. The van der Waals surface area contributed by atoms with Crippen molar-refractivity contribution >= 4 is 22.9 Å². The first-order valence-electron chi connectivity index (χ1n) is 6.03. The van der Waals surface area contributed by atoms with E-state index in [0.29, 0.717) is 17.3 Å². The van der Waals surface area contributed by atoms with E-state index in [1.807, 2.05) is 17.5 Å². The Morgan fingerprint density at radius 1 is 1.32 bits per heavy atom. The first-order chi connectivity index (χ1) is 9.25. The number of thiophene rings is 1. The molecule has 0 aliphatic carbocycles. The highest BCUT2D eigenvalue weighted by atomic mass is 35.5. The second-order valence-corrected chi connectivity index (χ2v) is 5.34. The van der Waals surface area contributed by atoms with Crippen molar-refractivity contribution < 1.29 is 9.84 Å². The van der Waals surface area contributed by atoms with Crippen LogP contribution < -0.4 is 10.1 Å². The predicted molar refractivity (Wildman–Crippen MR) is 79.0 cm³/mol. The Morgan fingerprint density at radius 3 is 2.89 bits per heavy atom. The molecular weight excluding hydrogens is 282 g/mol. The first kappa shape index (κ1) is 14.3. The van der Waals surface area contributed by atoms with Crippen molar-refractivity contribution in [2.45, 2.75) is 12.6 Å². The summed E-state index contributed by atoms with van der Waals surface area (Å²) in [5.41, 5.74) is 1.23. The maximum absolute atomic E-state index is 9.80. The third-order valence-corrected chi connectivity index (χ3v) is 3.60. The Balaban J connectivity index is 1.67. The van der Waals surface area contributed by atoms with Crippen LogP contribution in [0.4, 0.5) is 0 Å². The van der Waals surface area contributed by atoms with Crippen LogP contribution in [0.1, 0.15) is 5.56 Å². The molecule has 102 valence electrons. The molecule has 0 amide bonds. The second kappa shape index (κ2) is 7.50. The highest BCUT2D eigenvalue weighted by molar-refractivity contribution is 7.07. The zero-order chi connectivity index (χ0) is 13.5. The van der Waals surface area contributed by atoms with Gasteiger partial charge in [0.05, 0.1) is 5.02 Å². The van der Waals surface area contributed by atoms with Crippen LogP contribution in [-0.2, 0) is 6.54 Å². The van der Waals surface area contributed by atoms with Crippen molar-refractivity contribution in [2.75, 3.05) is 13.2 Å². The zero-order valence-electron chi connectivity index (χ0n) is 10.4. The number of benzene rings is 1. The number of hydrogen-bond donors (Lipinski definition) is 2. The molecule has 0 saturated heterocycles. The summed E-state index contributed by atoms with van der Waals surface area (Å²) in [4.78, 5) is 0. The van der Waals surface area contributed by atoms with Gasteiger partial charge >= 0.3 is 0 Å². The molecule has 2 N–H and O–H groups in total. The number of para-hydroxylation sites is 1. The van der Waals surface area contributed by atoms with Gasteiger partial charge in [0.25, 0.3) is 0 Å². The Morgan fingerprint density at radius 2 is 2.16 bits per heavy atom. The summed E-state index contributed by atoms with van der Waals surface area (Å²) in [5, 5.41) is 17.7. The molecule has 5 heteroatoms. The van der Waals surface area contributed by atoms with Gasteiger partial charge in [0.2, 0.25) is 0 Å². The fourth-order valence-electron chi connectivity index (χ4n) is 1.58. The molecule has 0 bridgehead atoms. The van der Waals surface area contributed by atoms with Gasteiger partial charge < -0.3 is 15.2 Å². The molecule has 1 unspecified atom stereocenters. The van der Waals surface area contributed by atoms with Crippen LogP contribution >= 0.6 is 22.9 Å². The number of hydrogen-bond acceptors (Lipinski definition) is 4. The van der Waals surface area contributed by atoms with Gasteiger partial charge in [-0.1, -0.05) is 23.7 Å². The van der Waals surface area contributed by atoms with Crippen LogP contribution in [0.2, 0.25) is 5.02 Å². The minimum absolute atomic E-state index is 0.223. The monoisotopic (exact) mass is 297 g/mol. The summed E-state index contributed by atoms with van der Waals surface area (Å²) in [7, 11) is 0. The largest absolute Gasteiger partial charge is 0.489 e. The van der Waals surface area contributed by atoms with Crippen LogP contribution in [-0.4, -0.2) is 24.4 Å². The van der Waals surface area contributed by atoms with Crippen molar-refractivity contribution in [1.82, 2.24) is 5.32 Å². The third kappa shape index (κ3) is 4.84. The van der Waals surface area contributed by atoms with Gasteiger partial charge in [0, 0.05) is 13.1 Å². The smallest absolute Gasteiger partial charge is 0.138 e. The highest BCUT2D eigenvalue weighted by Crippen LogP contribution is 2.23. The van der Waals surface area contributed by atoms with Gasteiger partial charge in [0.1, 0.15) is 18.5 Å². The van der Waals surface area contributed by atoms with Crippen LogP contribution in [0, 0.1) is 0 Å². The fraction of sp³-hybridized carbons (Fsp3) is 0.286. The van der Waals surface area contributed by atoms with E-state index < -0.39 is 6.10 Å². The number of aliphatic hydroxyl groups is 1. The lowest BCUT2D eigenvalue weighted by atomic mass is 10.3. The number of rotatable bonds is 7. The summed E-state index contributed by atoms with van der Waals surface area (Å²) in [6.07, 6.45) is -0.560. The van der Waals surface area contributed by atoms with Crippen molar-refractivity contribution in [2.24, 2.45) is 0 Å². The van der Waals surface area contributed by atoms with E-state index in [1.165, 1.54) is 5.56 Å². The molecular formula is C14H16ClNO2S. The van der Waals surface area contributed by atoms with Crippen molar-refractivity contribution in [3.63, 3.8) is 0 Å². The standard InChI is InChI=1S/C14H16ClNO2S/c15-13-3-1-2-4-14(13)18-9-12(17)8-16-7-11-5-6-19-10-11/h1-6,10,12,16-17H,7-9H2. The topological polar surface area (TPSA) is 41.5 Å². The molecule has 0 spiro atoms. The van der Waals surface area contributed by atoms with E-state index in [1.54, 1.807) is 23.5 Å². The summed E-state index contributed by atoms with van der Waals surface area (Å²) in [6, 6.07) is 9.30. The van der Waals surface area contributed by atoms with Crippen molar-refractivity contribution in [3.8, 4) is 5.75 Å². The molecule has 19 heavy (non-hydrogen) atoms. The third-order valence-electron chi connectivity index (χ3n) is 2.56. The van der Waals surface area contributed by atoms with Crippen molar-refractivity contribution in [1.29, 1.82) is 0 Å². The van der Waals surface area contributed by atoms with Gasteiger partial charge in [-0.05, 0) is 34.5 Å². The summed E-state index contributed by atoms with van der Waals surface area (Å²) >= 11 is 7.62. The van der Waals surface area contributed by atoms with Crippen LogP contribution in [0.5, 0.6) is 5.75 Å². The molecule has 2 aromatic rings. The molecule has 0 saturated carbocycles. The normalized spacial score (nSPS) is 12.3. The molecule has 1 aromatic heterocycles. The lowest BCUT2D eigenvalue weighted by molar-refractivity contribution is 0.106. The number of nitrogens with one attached hydrogen (secondary N) is 1. The Bertz CT molecular complexity index is 490. The number of aliphatic hydroxyl groups excluding tert-OH is 1. The maximum atomic E-state index is 9.80. The predicted octanol–water partition coefficient (Wildman–Crippen LogP) is 2.93. The van der Waals surface area contributed by atoms with Crippen LogP contribution in [0.3, 0.4) is 0 Å². The van der Waals surface area contributed by atoms with Gasteiger partial charge in [-0.2, -0.15) is 11.3 Å². The molecule has 0 fully saturated rings. The van der Waals surface area contributed by atoms with Gasteiger partial charge in [-0.15, -0.1) is 0 Å². The van der Waals surface area contributed by atoms with Crippen LogP contribution in [0.15, 0.2) is 41.1 Å². The molecule has 0 radical (unpaired) electrons. The van der Waals surface area contributed by atoms with E-state index in [4.69, 9.17) is 16.3 Å². The van der Waals surface area contributed by atoms with Crippen molar-refractivity contribution in [3.05, 3.63) is 51.7 Å². The fourth-order valence-corrected chi connectivity index (χ4v) is 2.44. The molecule has 1 atom stereocenters. The number of ether oxygens (including phenoxy) is 1. The average molecular weight is 298 g/mol. The molecule has 0 aliphatic heterocycles. The molecule has 3 nitrogen and oxygen atoms in total. The van der Waals surface area contributed by atoms with Gasteiger partial charge in [-0.3, -0.25) is 0 Å². The molecule has 1 aromatic carbocycles. The van der Waals surface area contributed by atoms with Gasteiger partial charge in [0.15, 0.2) is 0 Å². The molecule has 2 rings (SSSR count). The van der Waals surface area contributed by atoms with Gasteiger partial charge in [-0.25, -0.2) is 0 Å². The van der Waals surface area contributed by atoms with E-state index >= 15 is 0 Å². The Hall–Kier alpha value is -1.07. The van der Waals surface area contributed by atoms with E-state index in [2.05, 4.69) is 16.8 Å². The molecule has 0 aliphatic rings. The SMILES string of the molecule is OC(CNCc1ccsc1)COc1ccccc1Cl. The quantitative estimate of drug-likeness (QED) is 0.826. The van der Waals surface area contributed by atoms with Crippen LogP contribution in [0.25, 0.3) is 0 Å². The Labute approximate surface area is 121 Å². The summed E-state index contributed by atoms with van der Waals surface area (Å²) in [5.74, 6) is 0.598. The zero-order valence-corrected chi connectivity index (χ0v) is 12.0. The second-order valence-electron chi connectivity index (χ2n) is 4.16. The lowest BCUT2D eigenvalue weighted by Crippen LogP contribution is -2.31. The highest BCUT2D eigenvalue weighted by Gasteiger charge is 2.06. The Kier molecular flexibility index (Phi) is 5.66. The average Bonchev–Trinajstić information content (AvgIpc) is 2.91. The lowest BCUT2D eigenvalue weighted by Gasteiger charge is -2.13. The maximum Gasteiger partial charge on any atom is 0.138 e. The molecule has 1 heterocycles.